The van der Waals surface area contributed by atoms with E-state index in [2.05, 4.69) is 0 Å². The Morgan fingerprint density at radius 2 is 1.76 bits per heavy atom. The molecule has 0 fully saturated rings. The third-order valence-corrected chi connectivity index (χ3v) is 2.87. The Bertz CT molecular complexity index is 402. The Balaban J connectivity index is 3.03. The van der Waals surface area contributed by atoms with E-state index in [1.54, 1.807) is 32.4 Å². The Kier molecular flexibility index (Phi) is 4.52. The molecule has 0 radical (unpaired) electrons. The van der Waals surface area contributed by atoms with Gasteiger partial charge in [0, 0.05) is 17.5 Å². The fraction of sp³-hybridized carbons (Fsp3) is 0.462. The number of ketones is 1. The number of hydrogen-bond donors (Lipinski definition) is 1. The lowest BCUT2D eigenvalue weighted by Gasteiger charge is -2.15. The van der Waals surface area contributed by atoms with Crippen LogP contribution < -0.4 is 15.2 Å². The average molecular weight is 237 g/mol. The molecule has 0 spiro atoms. The summed E-state index contributed by atoms with van der Waals surface area (Å²) in [6.07, 6.45) is 0. The molecule has 0 aromatic heterocycles. The third-order valence-electron chi connectivity index (χ3n) is 2.87. The van der Waals surface area contributed by atoms with E-state index in [9.17, 15) is 4.79 Å². The minimum atomic E-state index is -0.215. The van der Waals surface area contributed by atoms with Gasteiger partial charge in [-0.05, 0) is 25.1 Å². The fourth-order valence-corrected chi connectivity index (χ4v) is 1.49. The first kappa shape index (κ1) is 13.5. The summed E-state index contributed by atoms with van der Waals surface area (Å²) in [5.74, 6) is 0.960. The molecule has 2 unspecified atom stereocenters. The van der Waals surface area contributed by atoms with Crippen LogP contribution in [0.5, 0.6) is 11.5 Å². The molecule has 4 heteroatoms. The number of methoxy groups -OCH3 is 2. The van der Waals surface area contributed by atoms with E-state index in [0.717, 1.165) is 0 Å². The Morgan fingerprint density at radius 1 is 1.18 bits per heavy atom. The standard InChI is InChI=1S/C13H19NO3/c1-8(9(2)14)13(15)10-5-6-11(16-3)12(7-10)17-4/h5-9H,14H2,1-4H3. The summed E-state index contributed by atoms with van der Waals surface area (Å²) < 4.78 is 10.3. The van der Waals surface area contributed by atoms with Gasteiger partial charge >= 0.3 is 0 Å². The molecular formula is C13H19NO3. The second kappa shape index (κ2) is 5.68. The molecule has 4 nitrogen and oxygen atoms in total. The molecule has 0 aliphatic heterocycles. The first-order chi connectivity index (χ1) is 8.01. The number of carbonyl (C=O) groups excluding carboxylic acids is 1. The second-order valence-electron chi connectivity index (χ2n) is 4.08. The molecule has 94 valence electrons. The fourth-order valence-electron chi connectivity index (χ4n) is 1.49. The van der Waals surface area contributed by atoms with Crippen molar-refractivity contribution in [1.29, 1.82) is 0 Å². The number of ether oxygens (including phenoxy) is 2. The summed E-state index contributed by atoms with van der Waals surface area (Å²) in [4.78, 5) is 12.1. The number of Topliss-reactive ketones (excluding diaryl/α,β-unsaturated/α-hetero) is 1. The molecule has 2 atom stereocenters. The van der Waals surface area contributed by atoms with Gasteiger partial charge in [0.25, 0.3) is 0 Å². The molecule has 0 heterocycles. The van der Waals surface area contributed by atoms with Crippen LogP contribution in [-0.4, -0.2) is 26.0 Å². The zero-order chi connectivity index (χ0) is 13.0. The van der Waals surface area contributed by atoms with Crippen LogP contribution in [-0.2, 0) is 0 Å². The van der Waals surface area contributed by atoms with Gasteiger partial charge in [0.05, 0.1) is 14.2 Å². The number of hydrogen-bond acceptors (Lipinski definition) is 4. The molecule has 0 saturated heterocycles. The van der Waals surface area contributed by atoms with E-state index < -0.39 is 0 Å². The molecule has 0 aliphatic carbocycles. The lowest BCUT2D eigenvalue weighted by molar-refractivity contribution is 0.0916. The minimum absolute atomic E-state index is 0.0148. The lowest BCUT2D eigenvalue weighted by atomic mass is 9.94. The molecule has 2 N–H and O–H groups in total. The number of nitrogens with two attached hydrogens (primary N) is 1. The van der Waals surface area contributed by atoms with E-state index >= 15 is 0 Å². The quantitative estimate of drug-likeness (QED) is 0.794. The molecule has 1 aromatic carbocycles. The van der Waals surface area contributed by atoms with Crippen LogP contribution in [0.2, 0.25) is 0 Å². The summed E-state index contributed by atoms with van der Waals surface area (Å²) in [7, 11) is 3.10. The van der Waals surface area contributed by atoms with E-state index in [1.165, 1.54) is 0 Å². The van der Waals surface area contributed by atoms with Crippen molar-refractivity contribution in [2.24, 2.45) is 11.7 Å². The third kappa shape index (κ3) is 2.97. The maximum Gasteiger partial charge on any atom is 0.167 e. The van der Waals surface area contributed by atoms with E-state index in [-0.39, 0.29) is 17.7 Å². The van der Waals surface area contributed by atoms with Crippen molar-refractivity contribution in [2.75, 3.05) is 14.2 Å². The van der Waals surface area contributed by atoms with E-state index in [4.69, 9.17) is 15.2 Å². The SMILES string of the molecule is COc1ccc(C(=O)C(C)C(C)N)cc1OC. The highest BCUT2D eigenvalue weighted by molar-refractivity contribution is 5.98. The van der Waals surface area contributed by atoms with Crippen LogP contribution in [0.3, 0.4) is 0 Å². The van der Waals surface area contributed by atoms with Gasteiger partial charge in [-0.25, -0.2) is 0 Å². The van der Waals surface area contributed by atoms with Crippen LogP contribution in [0, 0.1) is 5.92 Å². The summed E-state index contributed by atoms with van der Waals surface area (Å²) in [6, 6.07) is 4.96. The summed E-state index contributed by atoms with van der Waals surface area (Å²) in [5, 5.41) is 0. The number of rotatable bonds is 5. The summed E-state index contributed by atoms with van der Waals surface area (Å²) in [5.41, 5.74) is 6.31. The van der Waals surface area contributed by atoms with Gasteiger partial charge in [0.1, 0.15) is 0 Å². The maximum atomic E-state index is 12.1. The highest BCUT2D eigenvalue weighted by atomic mass is 16.5. The van der Waals surface area contributed by atoms with Crippen molar-refractivity contribution in [2.45, 2.75) is 19.9 Å². The predicted molar refractivity (Wildman–Crippen MR) is 66.7 cm³/mol. The molecule has 0 amide bonds. The van der Waals surface area contributed by atoms with Gasteiger partial charge in [-0.15, -0.1) is 0 Å². The van der Waals surface area contributed by atoms with Crippen LogP contribution in [0.25, 0.3) is 0 Å². The van der Waals surface area contributed by atoms with Crippen molar-refractivity contribution in [3.63, 3.8) is 0 Å². The molecular weight excluding hydrogens is 218 g/mol. The van der Waals surface area contributed by atoms with Crippen LogP contribution in [0.1, 0.15) is 24.2 Å². The number of carbonyl (C=O) groups is 1. The van der Waals surface area contributed by atoms with Gasteiger partial charge < -0.3 is 15.2 Å². The van der Waals surface area contributed by atoms with E-state index in [1.807, 2.05) is 13.8 Å². The first-order valence-corrected chi connectivity index (χ1v) is 5.53. The van der Waals surface area contributed by atoms with Crippen molar-refractivity contribution < 1.29 is 14.3 Å². The average Bonchev–Trinajstić information content (AvgIpc) is 2.35. The molecule has 0 aliphatic rings. The van der Waals surface area contributed by atoms with Crippen molar-refractivity contribution in [1.82, 2.24) is 0 Å². The normalized spacial score (nSPS) is 13.9. The monoisotopic (exact) mass is 237 g/mol. The van der Waals surface area contributed by atoms with Crippen molar-refractivity contribution >= 4 is 5.78 Å². The van der Waals surface area contributed by atoms with Gasteiger partial charge in [0.15, 0.2) is 17.3 Å². The van der Waals surface area contributed by atoms with Gasteiger partial charge in [-0.2, -0.15) is 0 Å². The molecule has 1 aromatic rings. The molecule has 17 heavy (non-hydrogen) atoms. The van der Waals surface area contributed by atoms with Gasteiger partial charge in [-0.3, -0.25) is 4.79 Å². The topological polar surface area (TPSA) is 61.5 Å². The molecule has 0 bridgehead atoms. The molecule has 1 rings (SSSR count). The largest absolute Gasteiger partial charge is 0.493 e. The smallest absolute Gasteiger partial charge is 0.167 e. The summed E-state index contributed by atoms with van der Waals surface area (Å²) >= 11 is 0. The van der Waals surface area contributed by atoms with Crippen molar-refractivity contribution in [3.8, 4) is 11.5 Å². The lowest BCUT2D eigenvalue weighted by Crippen LogP contribution is -2.30. The zero-order valence-corrected chi connectivity index (χ0v) is 10.7. The van der Waals surface area contributed by atoms with Gasteiger partial charge in [0.2, 0.25) is 0 Å². The minimum Gasteiger partial charge on any atom is -0.493 e. The molecule has 0 saturated carbocycles. The Hall–Kier alpha value is -1.55. The highest BCUT2D eigenvalue weighted by Gasteiger charge is 2.20. The second-order valence-corrected chi connectivity index (χ2v) is 4.08. The number of benzene rings is 1. The maximum absolute atomic E-state index is 12.1. The van der Waals surface area contributed by atoms with E-state index in [0.29, 0.717) is 17.1 Å². The summed E-state index contributed by atoms with van der Waals surface area (Å²) in [6.45, 7) is 3.65. The highest BCUT2D eigenvalue weighted by Crippen LogP contribution is 2.28. The van der Waals surface area contributed by atoms with Crippen LogP contribution in [0.15, 0.2) is 18.2 Å². The Labute approximate surface area is 102 Å². The van der Waals surface area contributed by atoms with Crippen LogP contribution in [0.4, 0.5) is 0 Å². The zero-order valence-electron chi connectivity index (χ0n) is 10.7. The first-order valence-electron chi connectivity index (χ1n) is 5.53. The van der Waals surface area contributed by atoms with Crippen molar-refractivity contribution in [3.05, 3.63) is 23.8 Å². The van der Waals surface area contributed by atoms with Gasteiger partial charge in [-0.1, -0.05) is 6.92 Å². The predicted octanol–water partition coefficient (Wildman–Crippen LogP) is 1.87. The Morgan fingerprint density at radius 3 is 2.24 bits per heavy atom. The van der Waals surface area contributed by atoms with Crippen LogP contribution >= 0.6 is 0 Å².